The largest absolute Gasteiger partial charge is 0.497 e. The molecule has 0 aliphatic heterocycles. The van der Waals surface area contributed by atoms with E-state index in [1.54, 1.807) is 14.0 Å². The molecule has 0 aromatic heterocycles. The van der Waals surface area contributed by atoms with E-state index in [1.165, 1.54) is 0 Å². The smallest absolute Gasteiger partial charge is 0.333 e. The number of hydrogen-bond donors (Lipinski definition) is 2. The van der Waals surface area contributed by atoms with Crippen LogP contribution in [0.4, 0.5) is 4.39 Å². The highest BCUT2D eigenvalue weighted by molar-refractivity contribution is 7.84. The van der Waals surface area contributed by atoms with Crippen molar-refractivity contribution in [2.45, 2.75) is 62.8 Å². The van der Waals surface area contributed by atoms with Crippen LogP contribution >= 0.6 is 0 Å². The summed E-state index contributed by atoms with van der Waals surface area (Å²) in [7, 11) is -7.30. The van der Waals surface area contributed by atoms with Crippen molar-refractivity contribution in [1.82, 2.24) is 0 Å². The van der Waals surface area contributed by atoms with Crippen LogP contribution in [0.3, 0.4) is 0 Å². The Kier molecular flexibility index (Phi) is 5.43. The molecule has 0 amide bonds. The number of ether oxygens (including phenoxy) is 1. The summed E-state index contributed by atoms with van der Waals surface area (Å²) in [4.78, 5) is 0. The highest BCUT2D eigenvalue weighted by Gasteiger charge is 2.72. The molecule has 0 saturated heterocycles. The van der Waals surface area contributed by atoms with Crippen LogP contribution in [0.1, 0.15) is 49.7 Å². The SMILES string of the molecule is COc1ccc2c(c1)CC[C@@H]1[C@@H]2CC[C@]2(C)[C@@H](OS(N)(=O)=O)C[C@@H](OS(N)(=O)=O)[C@]12F. The lowest BCUT2D eigenvalue weighted by Gasteiger charge is -2.54. The van der Waals surface area contributed by atoms with E-state index >= 15 is 4.39 Å². The number of aryl methyl sites for hydroxylation is 1. The van der Waals surface area contributed by atoms with Gasteiger partial charge in [-0.05, 0) is 54.9 Å². The van der Waals surface area contributed by atoms with E-state index in [0.29, 0.717) is 25.0 Å². The topological polar surface area (TPSA) is 148 Å². The molecule has 2 saturated carbocycles. The first kappa shape index (κ1) is 22.9. The summed E-state index contributed by atoms with van der Waals surface area (Å²) in [6, 6.07) is 5.67. The monoisotopic (exact) mass is 478 g/mol. The van der Waals surface area contributed by atoms with Crippen LogP contribution in [0, 0.1) is 11.3 Å². The number of halogens is 1. The van der Waals surface area contributed by atoms with E-state index in [9.17, 15) is 16.8 Å². The van der Waals surface area contributed by atoms with E-state index in [0.717, 1.165) is 11.1 Å². The van der Waals surface area contributed by atoms with Crippen molar-refractivity contribution < 1.29 is 34.3 Å². The molecular weight excluding hydrogens is 451 g/mol. The number of alkyl halides is 1. The normalized spacial score (nSPS) is 37.6. The molecule has 1 aromatic rings. The van der Waals surface area contributed by atoms with Gasteiger partial charge < -0.3 is 4.74 Å². The van der Waals surface area contributed by atoms with Gasteiger partial charge in [0, 0.05) is 17.8 Å². The fourth-order valence-electron chi connectivity index (χ4n) is 6.17. The quantitative estimate of drug-likeness (QED) is 0.650. The third-order valence-corrected chi connectivity index (χ3v) is 8.46. The molecule has 0 unspecified atom stereocenters. The van der Waals surface area contributed by atoms with Gasteiger partial charge >= 0.3 is 20.6 Å². The second-order valence-corrected chi connectivity index (χ2v) is 11.3. The third kappa shape index (κ3) is 3.76. The lowest BCUT2D eigenvalue weighted by molar-refractivity contribution is -0.137. The lowest BCUT2D eigenvalue weighted by atomic mass is 9.53. The highest BCUT2D eigenvalue weighted by atomic mass is 32.2. The van der Waals surface area contributed by atoms with E-state index in [1.807, 2.05) is 18.2 Å². The molecule has 174 valence electrons. The van der Waals surface area contributed by atoms with Crippen LogP contribution in [0.25, 0.3) is 0 Å². The van der Waals surface area contributed by atoms with Gasteiger partial charge in [0.05, 0.1) is 13.2 Å². The van der Waals surface area contributed by atoms with Gasteiger partial charge in [-0.25, -0.2) is 14.7 Å². The van der Waals surface area contributed by atoms with Gasteiger partial charge in [0.1, 0.15) is 17.5 Å². The number of hydrogen-bond acceptors (Lipinski definition) is 7. The first-order valence-electron chi connectivity index (χ1n) is 10.1. The molecule has 2 fully saturated rings. The fraction of sp³-hybridized carbons (Fsp3) is 0.684. The third-order valence-electron chi connectivity index (χ3n) is 7.46. The summed E-state index contributed by atoms with van der Waals surface area (Å²) in [6.45, 7) is 1.58. The molecule has 9 nitrogen and oxygen atoms in total. The second kappa shape index (κ2) is 7.35. The molecule has 0 heterocycles. The van der Waals surface area contributed by atoms with Crippen molar-refractivity contribution in [3.63, 3.8) is 0 Å². The first-order chi connectivity index (χ1) is 14.3. The van der Waals surface area contributed by atoms with Crippen molar-refractivity contribution >= 4 is 20.6 Å². The Labute approximate surface area is 181 Å². The first-order valence-corrected chi connectivity index (χ1v) is 13.0. The molecular formula is C19H27FN2O7S2. The Morgan fingerprint density at radius 3 is 2.32 bits per heavy atom. The molecule has 4 N–H and O–H groups in total. The standard InChI is InChI=1S/C19H27FN2O7S2/c1-18-8-7-14-13-5-4-12(27-2)9-11(13)3-6-15(14)19(18,20)17(29-31(22,25)26)10-16(18)28-30(21,23)24/h4-5,9,14-17H,3,6-8,10H2,1-2H3,(H2,21,23,24)(H2,22,25,26)/t14-,15-,16+,17-,18-,19-/m1/s1. The molecule has 3 aliphatic carbocycles. The summed E-state index contributed by atoms with van der Waals surface area (Å²) in [5.41, 5.74) is -1.46. The maximum absolute atomic E-state index is 17.2. The molecule has 1 aromatic carbocycles. The Bertz CT molecular complexity index is 1100. The minimum absolute atomic E-state index is 0.187. The van der Waals surface area contributed by atoms with E-state index in [4.69, 9.17) is 23.4 Å². The lowest BCUT2D eigenvalue weighted by Crippen LogP contribution is -2.60. The van der Waals surface area contributed by atoms with Crippen molar-refractivity contribution in [3.8, 4) is 5.75 Å². The van der Waals surface area contributed by atoms with Crippen LogP contribution in [0.2, 0.25) is 0 Å². The molecule has 0 spiro atoms. The molecule has 31 heavy (non-hydrogen) atoms. The van der Waals surface area contributed by atoms with Gasteiger partial charge in [-0.15, -0.1) is 0 Å². The van der Waals surface area contributed by atoms with Gasteiger partial charge in [0.25, 0.3) is 0 Å². The summed E-state index contributed by atoms with van der Waals surface area (Å²) >= 11 is 0. The van der Waals surface area contributed by atoms with Gasteiger partial charge in [0.15, 0.2) is 0 Å². The zero-order valence-corrected chi connectivity index (χ0v) is 18.9. The number of rotatable bonds is 5. The van der Waals surface area contributed by atoms with Crippen LogP contribution < -0.4 is 15.0 Å². The predicted molar refractivity (Wildman–Crippen MR) is 109 cm³/mol. The minimum atomic E-state index is -4.49. The average molecular weight is 479 g/mol. The minimum Gasteiger partial charge on any atom is -0.497 e. The summed E-state index contributed by atoms with van der Waals surface area (Å²) < 4.78 is 79.2. The van der Waals surface area contributed by atoms with Gasteiger partial charge in [-0.2, -0.15) is 16.8 Å². The number of nitrogens with two attached hydrogens (primary N) is 2. The van der Waals surface area contributed by atoms with Crippen molar-refractivity contribution in [2.24, 2.45) is 21.6 Å². The van der Waals surface area contributed by atoms with Gasteiger partial charge in [0.2, 0.25) is 0 Å². The van der Waals surface area contributed by atoms with Crippen molar-refractivity contribution in [1.29, 1.82) is 0 Å². The molecule has 3 aliphatic rings. The summed E-state index contributed by atoms with van der Waals surface area (Å²) in [5.74, 6) is -0.0776. The average Bonchev–Trinajstić information content (AvgIpc) is 2.86. The Morgan fingerprint density at radius 2 is 1.71 bits per heavy atom. The predicted octanol–water partition coefficient (Wildman–Crippen LogP) is 1.43. The zero-order valence-electron chi connectivity index (χ0n) is 17.3. The fourth-order valence-corrected chi connectivity index (χ4v) is 7.32. The van der Waals surface area contributed by atoms with Gasteiger partial charge in [-0.1, -0.05) is 13.0 Å². The van der Waals surface area contributed by atoms with Crippen LogP contribution in [-0.2, 0) is 35.4 Å². The Morgan fingerprint density at radius 1 is 1.06 bits per heavy atom. The van der Waals surface area contributed by atoms with Crippen LogP contribution in [-0.4, -0.2) is 41.8 Å². The maximum atomic E-state index is 17.2. The Balaban J connectivity index is 1.79. The summed E-state index contributed by atoms with van der Waals surface area (Å²) in [5, 5.41) is 10.1. The number of benzene rings is 1. The number of methoxy groups -OCH3 is 1. The van der Waals surface area contributed by atoms with Crippen LogP contribution in [0.15, 0.2) is 18.2 Å². The molecule has 0 radical (unpaired) electrons. The van der Waals surface area contributed by atoms with E-state index < -0.39 is 49.8 Å². The van der Waals surface area contributed by atoms with Crippen molar-refractivity contribution in [3.05, 3.63) is 29.3 Å². The Hall–Kier alpha value is -1.31. The van der Waals surface area contributed by atoms with E-state index in [2.05, 4.69) is 0 Å². The molecule has 4 rings (SSSR count). The highest BCUT2D eigenvalue weighted by Crippen LogP contribution is 2.66. The number of fused-ring (bicyclic) bond motifs is 5. The molecule has 0 bridgehead atoms. The maximum Gasteiger partial charge on any atom is 0.333 e. The second-order valence-electron chi connectivity index (χ2n) is 8.93. The van der Waals surface area contributed by atoms with Crippen LogP contribution in [0.5, 0.6) is 5.75 Å². The zero-order chi connectivity index (χ0) is 22.8. The van der Waals surface area contributed by atoms with Crippen molar-refractivity contribution in [2.75, 3.05) is 7.11 Å². The summed E-state index contributed by atoms with van der Waals surface area (Å²) in [6.07, 6.45) is -1.09. The molecule has 12 heteroatoms. The van der Waals surface area contributed by atoms with E-state index in [-0.39, 0.29) is 18.8 Å². The molecule has 6 atom stereocenters. The van der Waals surface area contributed by atoms with Gasteiger partial charge in [-0.3, -0.25) is 8.37 Å².